The average molecular weight is 354 g/mol. The van der Waals surface area contributed by atoms with Gasteiger partial charge in [0, 0.05) is 18.7 Å². The number of hydrogen-bond acceptors (Lipinski definition) is 3. The van der Waals surface area contributed by atoms with Crippen LogP contribution in [0.15, 0.2) is 11.0 Å². The molecule has 0 unspecified atom stereocenters. The number of nitrogens with one attached hydrogen (secondary N) is 1. The third kappa shape index (κ3) is 3.51. The first-order valence-corrected chi connectivity index (χ1v) is 8.80. The smallest absolute Gasteiger partial charge is 0.249 e. The average Bonchev–Trinajstić information content (AvgIpc) is 2.51. The molecule has 0 radical (unpaired) electrons. The number of rotatable bonds is 5. The van der Waals surface area contributed by atoms with E-state index >= 15 is 0 Å². The van der Waals surface area contributed by atoms with E-state index < -0.39 is 44.2 Å². The normalized spacial score (nSPS) is 17.0. The molecule has 1 aromatic carbocycles. The highest BCUT2D eigenvalue weighted by Gasteiger charge is 2.38. The summed E-state index contributed by atoms with van der Waals surface area (Å²) in [5.74, 6) is -7.24. The van der Waals surface area contributed by atoms with Crippen molar-refractivity contribution < 1.29 is 26.0 Å². The first-order valence-electron chi connectivity index (χ1n) is 7.36. The van der Waals surface area contributed by atoms with E-state index in [1.165, 1.54) is 0 Å². The van der Waals surface area contributed by atoms with Crippen LogP contribution in [0.2, 0.25) is 0 Å². The largest absolute Gasteiger partial charge is 0.317 e. The number of nitrogens with zero attached hydrogens (tertiary/aromatic N) is 1. The first-order chi connectivity index (χ1) is 10.8. The fraction of sp³-hybridized carbons (Fsp3) is 0.571. The lowest BCUT2D eigenvalue weighted by Gasteiger charge is -2.33. The summed E-state index contributed by atoms with van der Waals surface area (Å²) in [5.41, 5.74) is 0. The van der Waals surface area contributed by atoms with Crippen LogP contribution < -0.4 is 5.32 Å². The Bertz CT molecular complexity index is 650. The summed E-state index contributed by atoms with van der Waals surface area (Å²) >= 11 is 0. The Kier molecular flexibility index (Phi) is 5.64. The van der Waals surface area contributed by atoms with Crippen molar-refractivity contribution in [3.8, 4) is 0 Å². The van der Waals surface area contributed by atoms with Crippen LogP contribution in [-0.2, 0) is 10.0 Å². The second-order valence-electron chi connectivity index (χ2n) is 5.39. The van der Waals surface area contributed by atoms with Gasteiger partial charge in [-0.3, -0.25) is 0 Å². The number of hydrogen-bond donors (Lipinski definition) is 1. The van der Waals surface area contributed by atoms with Crippen molar-refractivity contribution in [2.45, 2.75) is 37.1 Å². The lowest BCUT2D eigenvalue weighted by Crippen LogP contribution is -2.46. The quantitative estimate of drug-likeness (QED) is 0.653. The van der Waals surface area contributed by atoms with Crippen molar-refractivity contribution in [1.82, 2.24) is 9.62 Å². The van der Waals surface area contributed by atoms with E-state index in [0.29, 0.717) is 32.4 Å². The Morgan fingerprint density at radius 2 is 1.65 bits per heavy atom. The van der Waals surface area contributed by atoms with Crippen LogP contribution >= 0.6 is 0 Å². The maximum Gasteiger partial charge on any atom is 0.249 e. The van der Waals surface area contributed by atoms with Gasteiger partial charge in [0.2, 0.25) is 10.0 Å². The van der Waals surface area contributed by atoms with Gasteiger partial charge in [0.15, 0.2) is 28.2 Å². The maximum atomic E-state index is 13.9. The van der Waals surface area contributed by atoms with Crippen LogP contribution in [0, 0.1) is 23.3 Å². The lowest BCUT2D eigenvalue weighted by molar-refractivity contribution is 0.259. The van der Waals surface area contributed by atoms with Crippen molar-refractivity contribution in [1.29, 1.82) is 0 Å². The van der Waals surface area contributed by atoms with E-state index in [1.54, 1.807) is 6.92 Å². The van der Waals surface area contributed by atoms with Crippen molar-refractivity contribution in [2.75, 3.05) is 19.6 Å². The SMILES string of the molecule is CCCN(C1CCNCC1)S(=O)(=O)c1c(F)c(F)cc(F)c1F. The van der Waals surface area contributed by atoms with Gasteiger partial charge in [-0.1, -0.05) is 6.92 Å². The van der Waals surface area contributed by atoms with Crippen LogP contribution in [0.1, 0.15) is 26.2 Å². The molecule has 0 spiro atoms. The number of benzene rings is 1. The van der Waals surface area contributed by atoms with Gasteiger partial charge in [-0.2, -0.15) is 4.31 Å². The third-order valence-corrected chi connectivity index (χ3v) is 5.77. The van der Waals surface area contributed by atoms with Gasteiger partial charge in [0.25, 0.3) is 0 Å². The predicted molar refractivity (Wildman–Crippen MR) is 76.3 cm³/mol. The highest BCUT2D eigenvalue weighted by Crippen LogP contribution is 2.29. The zero-order valence-corrected chi connectivity index (χ0v) is 13.4. The van der Waals surface area contributed by atoms with Crippen molar-refractivity contribution in [3.05, 3.63) is 29.3 Å². The molecular weight excluding hydrogens is 336 g/mol. The summed E-state index contributed by atoms with van der Waals surface area (Å²) < 4.78 is 80.8. The minimum atomic E-state index is -4.69. The van der Waals surface area contributed by atoms with Crippen LogP contribution in [-0.4, -0.2) is 38.4 Å². The van der Waals surface area contributed by atoms with Crippen LogP contribution in [0.5, 0.6) is 0 Å². The van der Waals surface area contributed by atoms with Gasteiger partial charge in [-0.25, -0.2) is 26.0 Å². The minimum Gasteiger partial charge on any atom is -0.317 e. The van der Waals surface area contributed by atoms with Crippen LogP contribution in [0.4, 0.5) is 17.6 Å². The fourth-order valence-electron chi connectivity index (χ4n) is 2.71. The third-order valence-electron chi connectivity index (χ3n) is 3.80. The molecule has 0 aliphatic carbocycles. The molecule has 1 saturated heterocycles. The van der Waals surface area contributed by atoms with E-state index in [9.17, 15) is 26.0 Å². The van der Waals surface area contributed by atoms with Gasteiger partial charge in [-0.15, -0.1) is 0 Å². The molecule has 2 rings (SSSR count). The molecule has 1 fully saturated rings. The summed E-state index contributed by atoms with van der Waals surface area (Å²) in [6.45, 7) is 2.85. The standard InChI is InChI=1S/C14H18F4N2O2S/c1-2-7-20(9-3-5-19-6-4-9)23(21,22)14-12(17)10(15)8-11(16)13(14)18/h8-9,19H,2-7H2,1H3. The van der Waals surface area contributed by atoms with Gasteiger partial charge in [0.05, 0.1) is 0 Å². The Morgan fingerprint density at radius 1 is 1.13 bits per heavy atom. The molecule has 9 heteroatoms. The predicted octanol–water partition coefficient (Wildman–Crippen LogP) is 2.40. The Hall–Kier alpha value is -1.19. The summed E-state index contributed by atoms with van der Waals surface area (Å²) in [7, 11) is -4.69. The second-order valence-corrected chi connectivity index (χ2v) is 7.22. The summed E-state index contributed by atoms with van der Waals surface area (Å²) in [6.07, 6.45) is 1.32. The summed E-state index contributed by atoms with van der Waals surface area (Å²) in [6, 6.07) is -0.468. The molecule has 0 aromatic heterocycles. The van der Waals surface area contributed by atoms with E-state index in [1.807, 2.05) is 0 Å². The van der Waals surface area contributed by atoms with E-state index in [2.05, 4.69) is 5.32 Å². The molecule has 1 aliphatic heterocycles. The number of piperidine rings is 1. The summed E-state index contributed by atoms with van der Waals surface area (Å²) in [4.78, 5) is -1.55. The fourth-order valence-corrected chi connectivity index (χ4v) is 4.62. The minimum absolute atomic E-state index is 0.00161. The van der Waals surface area contributed by atoms with E-state index in [-0.39, 0.29) is 12.6 Å². The number of sulfonamides is 1. The monoisotopic (exact) mass is 354 g/mol. The van der Waals surface area contributed by atoms with E-state index in [0.717, 1.165) is 4.31 Å². The molecule has 1 heterocycles. The molecule has 1 aromatic rings. The van der Waals surface area contributed by atoms with Crippen molar-refractivity contribution in [3.63, 3.8) is 0 Å². The second kappa shape index (κ2) is 7.14. The van der Waals surface area contributed by atoms with Crippen LogP contribution in [0.25, 0.3) is 0 Å². The molecule has 4 nitrogen and oxygen atoms in total. The molecule has 0 bridgehead atoms. The molecule has 0 atom stereocenters. The Balaban J connectivity index is 2.54. The molecule has 0 amide bonds. The molecule has 0 saturated carbocycles. The number of halogens is 4. The van der Waals surface area contributed by atoms with E-state index in [4.69, 9.17) is 0 Å². The molecule has 1 N–H and O–H groups in total. The highest BCUT2D eigenvalue weighted by atomic mass is 32.2. The Labute approximate surface area is 132 Å². The maximum absolute atomic E-state index is 13.9. The van der Waals surface area contributed by atoms with Gasteiger partial charge in [-0.05, 0) is 32.4 Å². The first kappa shape index (κ1) is 18.2. The highest BCUT2D eigenvalue weighted by molar-refractivity contribution is 7.89. The zero-order chi connectivity index (χ0) is 17.2. The van der Waals surface area contributed by atoms with Gasteiger partial charge in [0.1, 0.15) is 0 Å². The van der Waals surface area contributed by atoms with Gasteiger partial charge < -0.3 is 5.32 Å². The van der Waals surface area contributed by atoms with Crippen molar-refractivity contribution >= 4 is 10.0 Å². The topological polar surface area (TPSA) is 49.4 Å². The van der Waals surface area contributed by atoms with Crippen molar-refractivity contribution in [2.24, 2.45) is 0 Å². The van der Waals surface area contributed by atoms with Gasteiger partial charge >= 0.3 is 0 Å². The molecular formula is C14H18F4N2O2S. The summed E-state index contributed by atoms with van der Waals surface area (Å²) in [5, 5.41) is 3.05. The van der Waals surface area contributed by atoms with Crippen LogP contribution in [0.3, 0.4) is 0 Å². The molecule has 130 valence electrons. The Morgan fingerprint density at radius 3 is 2.13 bits per heavy atom. The lowest BCUT2D eigenvalue weighted by atomic mass is 10.1. The zero-order valence-electron chi connectivity index (χ0n) is 12.6. The molecule has 23 heavy (non-hydrogen) atoms. The molecule has 1 aliphatic rings.